The van der Waals surface area contributed by atoms with Crippen molar-refractivity contribution < 1.29 is 4.39 Å². The van der Waals surface area contributed by atoms with E-state index in [1.54, 1.807) is 6.07 Å². The van der Waals surface area contributed by atoms with Crippen LogP contribution in [0.25, 0.3) is 0 Å². The Morgan fingerprint density at radius 1 is 1.27 bits per heavy atom. The normalized spacial score (nSPS) is 21.6. The molecular formula is C20H24ClFN4. The van der Waals surface area contributed by atoms with Gasteiger partial charge in [-0.15, -0.1) is 0 Å². The first-order valence-electron chi connectivity index (χ1n) is 9.31. The molecule has 0 bridgehead atoms. The molecule has 0 radical (unpaired) electrons. The lowest BCUT2D eigenvalue weighted by Crippen LogP contribution is -2.33. The van der Waals surface area contributed by atoms with Crippen molar-refractivity contribution in [1.29, 1.82) is 0 Å². The summed E-state index contributed by atoms with van der Waals surface area (Å²) >= 11 is 5.77. The molecule has 1 atom stereocenters. The number of hydrogen-bond acceptors (Lipinski definition) is 4. The van der Waals surface area contributed by atoms with E-state index >= 15 is 0 Å². The van der Waals surface area contributed by atoms with Crippen LogP contribution in [0.2, 0.25) is 5.02 Å². The topological polar surface area (TPSA) is 32.3 Å². The summed E-state index contributed by atoms with van der Waals surface area (Å²) in [5.74, 6) is 0.616. The van der Waals surface area contributed by atoms with Crippen LogP contribution in [0.15, 0.2) is 24.4 Å². The highest BCUT2D eigenvalue weighted by molar-refractivity contribution is 6.30. The molecule has 6 heteroatoms. The van der Waals surface area contributed by atoms with Crippen molar-refractivity contribution in [2.45, 2.75) is 44.8 Å². The standard InChI is InChI=1S/C20H24ClFN4/c1-25-8-3-2-4-19(25)20-23-11-15-13-26(9-7-18(15)24-20)12-14-5-6-16(21)17(22)10-14/h5-6,10-11,19H,2-4,7-9,12-13H2,1H3/t19-/m0/s1. The van der Waals surface area contributed by atoms with Gasteiger partial charge in [0, 0.05) is 43.5 Å². The van der Waals surface area contributed by atoms with Crippen LogP contribution in [0, 0.1) is 5.82 Å². The Kier molecular flexibility index (Phi) is 5.20. The van der Waals surface area contributed by atoms with Crippen molar-refractivity contribution >= 4 is 11.6 Å². The Labute approximate surface area is 159 Å². The Hall–Kier alpha value is -1.56. The second kappa shape index (κ2) is 7.59. The van der Waals surface area contributed by atoms with Gasteiger partial charge >= 0.3 is 0 Å². The Balaban J connectivity index is 1.46. The lowest BCUT2D eigenvalue weighted by molar-refractivity contribution is 0.178. The van der Waals surface area contributed by atoms with Gasteiger partial charge < -0.3 is 0 Å². The quantitative estimate of drug-likeness (QED) is 0.813. The molecule has 26 heavy (non-hydrogen) atoms. The number of fused-ring (bicyclic) bond motifs is 1. The molecule has 138 valence electrons. The molecule has 1 aromatic heterocycles. The number of piperidine rings is 1. The lowest BCUT2D eigenvalue weighted by atomic mass is 10.0. The minimum absolute atomic E-state index is 0.173. The predicted octanol–water partition coefficient (Wildman–Crippen LogP) is 3.98. The van der Waals surface area contributed by atoms with E-state index in [2.05, 4.69) is 21.8 Å². The minimum atomic E-state index is -0.355. The summed E-state index contributed by atoms with van der Waals surface area (Å²) in [5, 5.41) is 0.173. The van der Waals surface area contributed by atoms with Crippen molar-refractivity contribution in [2.24, 2.45) is 0 Å². The molecule has 0 amide bonds. The average molecular weight is 375 g/mol. The lowest BCUT2D eigenvalue weighted by Gasteiger charge is -2.32. The Morgan fingerprint density at radius 2 is 2.15 bits per heavy atom. The largest absolute Gasteiger partial charge is 0.296 e. The SMILES string of the molecule is CN1CCCC[C@H]1c1ncc2c(n1)CCN(Cc1ccc(Cl)c(F)c1)C2. The van der Waals surface area contributed by atoms with Crippen LogP contribution in [-0.2, 0) is 19.5 Å². The van der Waals surface area contributed by atoms with Crippen molar-refractivity contribution in [3.63, 3.8) is 0 Å². The summed E-state index contributed by atoms with van der Waals surface area (Å²) in [6, 6.07) is 5.39. The molecule has 1 saturated heterocycles. The molecule has 0 saturated carbocycles. The van der Waals surface area contributed by atoms with E-state index in [4.69, 9.17) is 16.6 Å². The maximum absolute atomic E-state index is 13.7. The zero-order chi connectivity index (χ0) is 18.1. The summed E-state index contributed by atoms with van der Waals surface area (Å²) in [6.45, 7) is 3.56. The van der Waals surface area contributed by atoms with Gasteiger partial charge in [0.2, 0.25) is 0 Å². The molecule has 4 rings (SSSR count). The van der Waals surface area contributed by atoms with Crippen LogP contribution in [0.5, 0.6) is 0 Å². The third kappa shape index (κ3) is 3.75. The molecule has 3 heterocycles. The highest BCUT2D eigenvalue weighted by Gasteiger charge is 2.25. The fraction of sp³-hybridized carbons (Fsp3) is 0.500. The number of benzene rings is 1. The van der Waals surface area contributed by atoms with Crippen LogP contribution in [0.3, 0.4) is 0 Å². The summed E-state index contributed by atoms with van der Waals surface area (Å²) in [4.78, 5) is 14.3. The van der Waals surface area contributed by atoms with E-state index in [0.717, 1.165) is 43.9 Å². The van der Waals surface area contributed by atoms with Gasteiger partial charge in [-0.3, -0.25) is 9.80 Å². The Morgan fingerprint density at radius 3 is 2.96 bits per heavy atom. The van der Waals surface area contributed by atoms with Gasteiger partial charge in [0.15, 0.2) is 0 Å². The van der Waals surface area contributed by atoms with E-state index < -0.39 is 0 Å². The van der Waals surface area contributed by atoms with Crippen LogP contribution in [0.4, 0.5) is 4.39 Å². The summed E-state index contributed by atoms with van der Waals surface area (Å²) in [7, 11) is 2.17. The maximum atomic E-state index is 13.7. The Bertz CT molecular complexity index is 797. The number of hydrogen-bond donors (Lipinski definition) is 0. The number of aromatic nitrogens is 2. The third-order valence-electron chi connectivity index (χ3n) is 5.49. The van der Waals surface area contributed by atoms with Gasteiger partial charge in [-0.05, 0) is 44.1 Å². The monoisotopic (exact) mass is 374 g/mol. The van der Waals surface area contributed by atoms with Gasteiger partial charge in [0.25, 0.3) is 0 Å². The van der Waals surface area contributed by atoms with E-state index in [1.807, 2.05) is 12.3 Å². The minimum Gasteiger partial charge on any atom is -0.296 e. The van der Waals surface area contributed by atoms with E-state index in [9.17, 15) is 4.39 Å². The fourth-order valence-electron chi connectivity index (χ4n) is 3.98. The molecule has 1 fully saturated rings. The van der Waals surface area contributed by atoms with Crippen molar-refractivity contribution in [1.82, 2.24) is 19.8 Å². The van der Waals surface area contributed by atoms with Crippen LogP contribution >= 0.6 is 11.6 Å². The van der Waals surface area contributed by atoms with Gasteiger partial charge in [0.05, 0.1) is 11.1 Å². The van der Waals surface area contributed by atoms with E-state index in [1.165, 1.54) is 30.2 Å². The molecule has 2 aromatic rings. The number of likely N-dealkylation sites (tertiary alicyclic amines) is 1. The van der Waals surface area contributed by atoms with Crippen LogP contribution in [-0.4, -0.2) is 39.9 Å². The van der Waals surface area contributed by atoms with Crippen molar-refractivity contribution in [3.05, 3.63) is 57.9 Å². The summed E-state index contributed by atoms with van der Waals surface area (Å²) < 4.78 is 13.7. The molecule has 0 aliphatic carbocycles. The molecule has 0 unspecified atom stereocenters. The summed E-state index contributed by atoms with van der Waals surface area (Å²) in [6.07, 6.45) is 6.56. The van der Waals surface area contributed by atoms with Crippen LogP contribution in [0.1, 0.15) is 47.9 Å². The van der Waals surface area contributed by atoms with Gasteiger partial charge in [-0.1, -0.05) is 24.1 Å². The van der Waals surface area contributed by atoms with Gasteiger partial charge in [-0.2, -0.15) is 0 Å². The maximum Gasteiger partial charge on any atom is 0.145 e. The fourth-order valence-corrected chi connectivity index (χ4v) is 4.10. The smallest absolute Gasteiger partial charge is 0.145 e. The van der Waals surface area contributed by atoms with E-state index in [0.29, 0.717) is 12.6 Å². The number of halogens is 2. The first-order valence-corrected chi connectivity index (χ1v) is 9.69. The number of rotatable bonds is 3. The predicted molar refractivity (Wildman–Crippen MR) is 100 cm³/mol. The van der Waals surface area contributed by atoms with Gasteiger partial charge in [-0.25, -0.2) is 14.4 Å². The molecule has 1 aromatic carbocycles. The molecule has 0 spiro atoms. The third-order valence-corrected chi connectivity index (χ3v) is 5.80. The van der Waals surface area contributed by atoms with Gasteiger partial charge in [0.1, 0.15) is 11.6 Å². The van der Waals surface area contributed by atoms with Crippen molar-refractivity contribution in [3.8, 4) is 0 Å². The molecular weight excluding hydrogens is 351 g/mol. The van der Waals surface area contributed by atoms with Crippen LogP contribution < -0.4 is 0 Å². The zero-order valence-electron chi connectivity index (χ0n) is 15.1. The first kappa shape index (κ1) is 17.8. The first-order chi connectivity index (χ1) is 12.6. The second-order valence-electron chi connectivity index (χ2n) is 7.40. The molecule has 4 nitrogen and oxygen atoms in total. The zero-order valence-corrected chi connectivity index (χ0v) is 15.8. The highest BCUT2D eigenvalue weighted by Crippen LogP contribution is 2.28. The molecule has 2 aliphatic heterocycles. The molecule has 0 N–H and O–H groups in total. The molecule has 2 aliphatic rings. The second-order valence-corrected chi connectivity index (χ2v) is 7.81. The average Bonchev–Trinajstić information content (AvgIpc) is 2.65. The van der Waals surface area contributed by atoms with E-state index in [-0.39, 0.29) is 10.8 Å². The summed E-state index contributed by atoms with van der Waals surface area (Å²) in [5.41, 5.74) is 3.30. The number of nitrogens with zero attached hydrogens (tertiary/aromatic N) is 4. The van der Waals surface area contributed by atoms with Crippen molar-refractivity contribution in [2.75, 3.05) is 20.1 Å². The highest BCUT2D eigenvalue weighted by atomic mass is 35.5.